The number of hydrogen-bond donors (Lipinski definition) is 0. The van der Waals surface area contributed by atoms with Gasteiger partial charge in [-0.3, -0.25) is 0 Å². The Labute approximate surface area is 110 Å². The van der Waals surface area contributed by atoms with E-state index in [9.17, 15) is 0 Å². The molecule has 0 saturated heterocycles. The van der Waals surface area contributed by atoms with Crippen molar-refractivity contribution in [2.45, 2.75) is 46.9 Å². The van der Waals surface area contributed by atoms with Crippen molar-refractivity contribution in [2.75, 3.05) is 26.4 Å². The molecule has 0 aromatic rings. The first-order chi connectivity index (χ1) is 8.56. The van der Waals surface area contributed by atoms with Crippen LogP contribution in [-0.2, 0) is 23.7 Å². The molecule has 5 nitrogen and oxygen atoms in total. The van der Waals surface area contributed by atoms with Gasteiger partial charge < -0.3 is 23.7 Å². The van der Waals surface area contributed by atoms with Gasteiger partial charge in [-0.2, -0.15) is 0 Å². The Bertz CT molecular complexity index is 217. The number of hydrogen-bond acceptors (Lipinski definition) is 5. The molecule has 0 radical (unpaired) electrons. The molecule has 0 spiro atoms. The van der Waals surface area contributed by atoms with Crippen LogP contribution in [0.3, 0.4) is 0 Å². The zero-order chi connectivity index (χ0) is 14.0. The van der Waals surface area contributed by atoms with Crippen molar-refractivity contribution < 1.29 is 23.7 Å². The van der Waals surface area contributed by atoms with Gasteiger partial charge >= 0.3 is 5.97 Å². The predicted molar refractivity (Wildman–Crippen MR) is 68.9 cm³/mol. The zero-order valence-electron chi connectivity index (χ0n) is 12.2. The molecule has 0 rings (SSSR count). The Morgan fingerprint density at radius 1 is 0.944 bits per heavy atom. The molecule has 0 aliphatic rings. The topological polar surface area (TPSA) is 46.2 Å². The van der Waals surface area contributed by atoms with Crippen LogP contribution < -0.4 is 0 Å². The van der Waals surface area contributed by atoms with E-state index in [1.54, 1.807) is 6.92 Å². The number of allylic oxidation sites excluding steroid dienone is 1. The van der Waals surface area contributed by atoms with E-state index < -0.39 is 12.3 Å². The first-order valence-electron chi connectivity index (χ1n) is 6.41. The van der Waals surface area contributed by atoms with Gasteiger partial charge in [-0.15, -0.1) is 0 Å². The summed E-state index contributed by atoms with van der Waals surface area (Å²) in [6.07, 6.45) is -0.760. The van der Waals surface area contributed by atoms with Crippen molar-refractivity contribution in [3.05, 3.63) is 12.3 Å². The molecule has 0 N–H and O–H groups in total. The highest BCUT2D eigenvalue weighted by Gasteiger charge is 2.46. The molecule has 18 heavy (non-hydrogen) atoms. The third-order valence-electron chi connectivity index (χ3n) is 1.93. The zero-order valence-corrected chi connectivity index (χ0v) is 12.2. The minimum absolute atomic E-state index is 0.407. The Hall–Kier alpha value is -0.620. The molecular weight excluding hydrogens is 236 g/mol. The Balaban J connectivity index is 5.09. The fraction of sp³-hybridized carbons (Fsp3) is 0.846. The Morgan fingerprint density at radius 2 is 1.39 bits per heavy atom. The molecule has 0 aromatic carbocycles. The summed E-state index contributed by atoms with van der Waals surface area (Å²) in [4.78, 5) is 0. The minimum atomic E-state index is -1.40. The van der Waals surface area contributed by atoms with Gasteiger partial charge in [0.1, 0.15) is 0 Å². The van der Waals surface area contributed by atoms with Crippen molar-refractivity contribution in [3.63, 3.8) is 0 Å². The highest BCUT2D eigenvalue weighted by atomic mass is 16.9. The lowest BCUT2D eigenvalue weighted by molar-refractivity contribution is -0.443. The van der Waals surface area contributed by atoms with E-state index in [1.165, 1.54) is 0 Å². The van der Waals surface area contributed by atoms with Crippen LogP contribution >= 0.6 is 0 Å². The molecule has 108 valence electrons. The van der Waals surface area contributed by atoms with E-state index in [0.29, 0.717) is 32.2 Å². The number of ether oxygens (including phenoxy) is 5. The summed E-state index contributed by atoms with van der Waals surface area (Å²) in [5.74, 6) is -0.928. The van der Waals surface area contributed by atoms with Gasteiger partial charge in [0.05, 0.1) is 19.0 Å². The van der Waals surface area contributed by atoms with Crippen LogP contribution in [0.5, 0.6) is 0 Å². The van der Waals surface area contributed by atoms with Gasteiger partial charge in [-0.25, -0.2) is 0 Å². The smallest absolute Gasteiger partial charge is 0.381 e. The normalized spacial score (nSPS) is 11.9. The van der Waals surface area contributed by atoms with Crippen molar-refractivity contribution >= 4 is 0 Å². The maximum atomic E-state index is 5.60. The summed E-state index contributed by atoms with van der Waals surface area (Å²) < 4.78 is 27.8. The van der Waals surface area contributed by atoms with Crippen molar-refractivity contribution in [2.24, 2.45) is 0 Å². The van der Waals surface area contributed by atoms with E-state index in [4.69, 9.17) is 23.7 Å². The second-order valence-electron chi connectivity index (χ2n) is 3.52. The first-order valence-corrected chi connectivity index (χ1v) is 6.41. The highest BCUT2D eigenvalue weighted by Crippen LogP contribution is 2.26. The molecule has 0 heterocycles. The number of rotatable bonds is 11. The minimum Gasteiger partial charge on any atom is -0.441 e. The summed E-state index contributed by atoms with van der Waals surface area (Å²) in [6.45, 7) is 14.6. The highest BCUT2D eigenvalue weighted by molar-refractivity contribution is 4.79. The van der Waals surface area contributed by atoms with Crippen LogP contribution in [-0.4, -0.2) is 38.7 Å². The van der Waals surface area contributed by atoms with Crippen molar-refractivity contribution in [3.8, 4) is 0 Å². The lowest BCUT2D eigenvalue weighted by atomic mass is 10.4. The summed E-state index contributed by atoms with van der Waals surface area (Å²) in [5.41, 5.74) is 0. The van der Waals surface area contributed by atoms with Crippen LogP contribution in [0.4, 0.5) is 0 Å². The summed E-state index contributed by atoms with van der Waals surface area (Å²) >= 11 is 0. The standard InChI is InChI=1S/C13H26O5/c1-7-14-12(15-8-2)13(16-9-3,17-10-4)18-11(5)6/h12H,5,7-10H2,1-4,6H3. The second-order valence-corrected chi connectivity index (χ2v) is 3.52. The Kier molecular flexibility index (Phi) is 9.01. The van der Waals surface area contributed by atoms with Crippen LogP contribution in [0.15, 0.2) is 12.3 Å². The molecule has 0 saturated carbocycles. The molecule has 0 aliphatic heterocycles. The molecule has 0 amide bonds. The third kappa shape index (κ3) is 5.35. The molecule has 0 aromatic heterocycles. The summed E-state index contributed by atoms with van der Waals surface area (Å²) in [6, 6.07) is 0. The van der Waals surface area contributed by atoms with E-state index in [2.05, 4.69) is 6.58 Å². The maximum Gasteiger partial charge on any atom is 0.381 e. The maximum absolute atomic E-state index is 5.60. The van der Waals surface area contributed by atoms with Gasteiger partial charge in [0.2, 0.25) is 0 Å². The van der Waals surface area contributed by atoms with E-state index in [0.717, 1.165) is 0 Å². The fourth-order valence-corrected chi connectivity index (χ4v) is 1.48. The quantitative estimate of drug-likeness (QED) is 0.423. The lowest BCUT2D eigenvalue weighted by Gasteiger charge is -2.37. The van der Waals surface area contributed by atoms with Gasteiger partial charge in [0.25, 0.3) is 6.29 Å². The van der Waals surface area contributed by atoms with Gasteiger partial charge in [0.15, 0.2) is 0 Å². The largest absolute Gasteiger partial charge is 0.441 e. The monoisotopic (exact) mass is 262 g/mol. The van der Waals surface area contributed by atoms with Gasteiger partial charge in [-0.1, -0.05) is 6.58 Å². The van der Waals surface area contributed by atoms with E-state index in [-0.39, 0.29) is 0 Å². The van der Waals surface area contributed by atoms with Crippen LogP contribution in [0.25, 0.3) is 0 Å². The lowest BCUT2D eigenvalue weighted by Crippen LogP contribution is -2.52. The van der Waals surface area contributed by atoms with Gasteiger partial charge in [0, 0.05) is 13.2 Å². The van der Waals surface area contributed by atoms with Crippen molar-refractivity contribution in [1.82, 2.24) is 0 Å². The molecule has 0 fully saturated rings. The average Bonchev–Trinajstić information content (AvgIpc) is 2.28. The van der Waals surface area contributed by atoms with Crippen LogP contribution in [0, 0.1) is 0 Å². The molecular formula is C13H26O5. The molecule has 0 aliphatic carbocycles. The van der Waals surface area contributed by atoms with E-state index >= 15 is 0 Å². The van der Waals surface area contributed by atoms with Crippen molar-refractivity contribution in [1.29, 1.82) is 0 Å². The summed E-state index contributed by atoms with van der Waals surface area (Å²) in [7, 11) is 0. The Morgan fingerprint density at radius 3 is 1.67 bits per heavy atom. The molecule has 5 heteroatoms. The molecule has 0 unspecified atom stereocenters. The summed E-state index contributed by atoms with van der Waals surface area (Å²) in [5, 5.41) is 0. The van der Waals surface area contributed by atoms with E-state index in [1.807, 2.05) is 27.7 Å². The van der Waals surface area contributed by atoms with Crippen LogP contribution in [0.1, 0.15) is 34.6 Å². The molecule has 0 atom stereocenters. The SMILES string of the molecule is C=C(C)OC(OCC)(OCC)C(OCC)OCC. The fourth-order valence-electron chi connectivity index (χ4n) is 1.48. The second kappa shape index (κ2) is 9.33. The predicted octanol–water partition coefficient (Wildman–Crippen LogP) is 2.66. The third-order valence-corrected chi connectivity index (χ3v) is 1.93. The average molecular weight is 262 g/mol. The molecule has 0 bridgehead atoms. The van der Waals surface area contributed by atoms with Gasteiger partial charge in [-0.05, 0) is 34.6 Å². The first kappa shape index (κ1) is 17.4. The van der Waals surface area contributed by atoms with Crippen LogP contribution in [0.2, 0.25) is 0 Å².